The molecule has 1 atom stereocenters. The highest BCUT2D eigenvalue weighted by Gasteiger charge is 2.53. The number of benzene rings is 1. The van der Waals surface area contributed by atoms with Crippen molar-refractivity contribution in [3.63, 3.8) is 0 Å². The summed E-state index contributed by atoms with van der Waals surface area (Å²) in [5, 5.41) is 3.46. The molecule has 1 heterocycles. The average Bonchev–Trinajstić information content (AvgIpc) is 3.02. The highest BCUT2D eigenvalue weighted by atomic mass is 35.5. The number of halogens is 1. The smallest absolute Gasteiger partial charge is 0.256 e. The Morgan fingerprint density at radius 1 is 1.32 bits per heavy atom. The van der Waals surface area contributed by atoms with Crippen molar-refractivity contribution in [2.45, 2.75) is 44.4 Å². The lowest BCUT2D eigenvalue weighted by molar-refractivity contribution is -0.127. The maximum absolute atomic E-state index is 13.5. The molecule has 1 saturated carbocycles. The van der Waals surface area contributed by atoms with Crippen molar-refractivity contribution in [2.75, 3.05) is 33.8 Å². The topological polar surface area (TPSA) is 61.9 Å². The van der Waals surface area contributed by atoms with Gasteiger partial charge in [0.25, 0.3) is 5.91 Å². The average molecular weight is 408 g/mol. The van der Waals surface area contributed by atoms with E-state index in [1.165, 1.54) is 0 Å². The number of amides is 2. The minimum Gasteiger partial charge on any atom is -0.353 e. The third-order valence-corrected chi connectivity index (χ3v) is 6.00. The van der Waals surface area contributed by atoms with E-state index in [0.29, 0.717) is 23.0 Å². The fourth-order valence-electron chi connectivity index (χ4n) is 4.06. The van der Waals surface area contributed by atoms with E-state index in [9.17, 15) is 9.59 Å². The summed E-state index contributed by atoms with van der Waals surface area (Å²) in [7, 11) is 3.91. The van der Waals surface area contributed by atoms with Gasteiger partial charge in [-0.05, 0) is 63.9 Å². The molecular formula is C21H30ClN3O3. The summed E-state index contributed by atoms with van der Waals surface area (Å²) < 4.78 is 6.18. The van der Waals surface area contributed by atoms with Crippen LogP contribution < -0.4 is 5.32 Å². The van der Waals surface area contributed by atoms with Crippen LogP contribution in [0.4, 0.5) is 0 Å². The molecule has 6 nitrogen and oxygen atoms in total. The molecule has 28 heavy (non-hydrogen) atoms. The van der Waals surface area contributed by atoms with E-state index >= 15 is 0 Å². The largest absolute Gasteiger partial charge is 0.353 e. The maximum atomic E-state index is 13.5. The second-order valence-corrected chi connectivity index (χ2v) is 8.67. The molecule has 154 valence electrons. The van der Waals surface area contributed by atoms with Crippen LogP contribution in [0.3, 0.4) is 0 Å². The van der Waals surface area contributed by atoms with E-state index in [2.05, 4.69) is 12.2 Å². The molecule has 1 aliphatic heterocycles. The van der Waals surface area contributed by atoms with Crippen molar-refractivity contribution in [3.8, 4) is 0 Å². The van der Waals surface area contributed by atoms with Gasteiger partial charge < -0.3 is 15.0 Å². The van der Waals surface area contributed by atoms with Crippen LogP contribution in [0.5, 0.6) is 0 Å². The zero-order valence-corrected chi connectivity index (χ0v) is 17.7. The van der Waals surface area contributed by atoms with Crippen molar-refractivity contribution in [2.24, 2.45) is 5.92 Å². The van der Waals surface area contributed by atoms with Crippen molar-refractivity contribution in [3.05, 3.63) is 34.9 Å². The zero-order valence-electron chi connectivity index (χ0n) is 16.9. The number of hydrogen-bond acceptors (Lipinski definition) is 4. The summed E-state index contributed by atoms with van der Waals surface area (Å²) in [4.78, 5) is 30.0. The van der Waals surface area contributed by atoms with E-state index in [1.54, 1.807) is 29.2 Å². The van der Waals surface area contributed by atoms with Gasteiger partial charge in [-0.3, -0.25) is 14.5 Å². The first-order chi connectivity index (χ1) is 13.3. The zero-order chi connectivity index (χ0) is 20.3. The van der Waals surface area contributed by atoms with Gasteiger partial charge in [0.05, 0.1) is 6.61 Å². The Kier molecular flexibility index (Phi) is 6.63. The minimum absolute atomic E-state index is 0.160. The minimum atomic E-state index is -0.699. The molecule has 2 amide bonds. The summed E-state index contributed by atoms with van der Waals surface area (Å²) in [6.45, 7) is 3.72. The van der Waals surface area contributed by atoms with E-state index < -0.39 is 11.8 Å². The Labute approximate surface area is 172 Å². The number of hydrogen-bond donors (Lipinski definition) is 1. The summed E-state index contributed by atoms with van der Waals surface area (Å²) in [5.41, 5.74) is -0.211. The van der Waals surface area contributed by atoms with Crippen LogP contribution in [0.15, 0.2) is 24.3 Å². The van der Waals surface area contributed by atoms with E-state index in [0.717, 1.165) is 32.2 Å². The standard InChI is InChI=1S/C21H30ClN3O3/c1-15-7-9-21(10-8-15)25(20(27)16-5-4-6-17(22)13-16)18(14-28-21)19(26)23-11-12-24(2)3/h4-6,13,15,18H,7-12,14H2,1-3H3,(H,23,26)/t15?,18-,21?/m1/s1. The lowest BCUT2D eigenvalue weighted by Crippen LogP contribution is -2.57. The normalized spacial score (nSPS) is 27.4. The molecule has 0 unspecified atom stereocenters. The number of nitrogens with zero attached hydrogens (tertiary/aromatic N) is 2. The number of carbonyl (C=O) groups is 2. The van der Waals surface area contributed by atoms with Gasteiger partial charge in [0, 0.05) is 23.7 Å². The first-order valence-electron chi connectivity index (χ1n) is 9.98. The first-order valence-corrected chi connectivity index (χ1v) is 10.4. The Hall–Kier alpha value is -1.63. The van der Waals surface area contributed by atoms with Gasteiger partial charge in [0.2, 0.25) is 5.91 Å². The molecule has 1 N–H and O–H groups in total. The molecule has 2 aliphatic rings. The van der Waals surface area contributed by atoms with Gasteiger partial charge in [0.15, 0.2) is 0 Å². The lowest BCUT2D eigenvalue weighted by Gasteiger charge is -2.43. The third-order valence-electron chi connectivity index (χ3n) is 5.77. The predicted molar refractivity (Wildman–Crippen MR) is 109 cm³/mol. The van der Waals surface area contributed by atoms with Crippen LogP contribution >= 0.6 is 11.6 Å². The fourth-order valence-corrected chi connectivity index (χ4v) is 4.25. The highest BCUT2D eigenvalue weighted by molar-refractivity contribution is 6.31. The highest BCUT2D eigenvalue weighted by Crippen LogP contribution is 2.43. The fraction of sp³-hybridized carbons (Fsp3) is 0.619. The van der Waals surface area contributed by atoms with Gasteiger partial charge >= 0.3 is 0 Å². The molecule has 1 aromatic rings. The number of likely N-dealkylation sites (N-methyl/N-ethyl adjacent to an activating group) is 1. The lowest BCUT2D eigenvalue weighted by atomic mass is 9.83. The Morgan fingerprint density at radius 2 is 2.04 bits per heavy atom. The van der Waals surface area contributed by atoms with Crippen LogP contribution in [0.25, 0.3) is 0 Å². The quantitative estimate of drug-likeness (QED) is 0.815. The molecule has 3 rings (SSSR count). The molecule has 1 aliphatic carbocycles. The maximum Gasteiger partial charge on any atom is 0.256 e. The molecule has 2 fully saturated rings. The van der Waals surface area contributed by atoms with Crippen LogP contribution in [-0.4, -0.2) is 67.2 Å². The molecule has 0 bridgehead atoms. The summed E-state index contributed by atoms with van der Waals surface area (Å²) in [6, 6.07) is 6.27. The van der Waals surface area contributed by atoms with Gasteiger partial charge in [-0.15, -0.1) is 0 Å². The van der Waals surface area contributed by atoms with Gasteiger partial charge in [0.1, 0.15) is 11.8 Å². The van der Waals surface area contributed by atoms with Crippen molar-refractivity contribution in [1.82, 2.24) is 15.1 Å². The molecule has 1 saturated heterocycles. The molecule has 0 radical (unpaired) electrons. The Morgan fingerprint density at radius 3 is 2.68 bits per heavy atom. The van der Waals surface area contributed by atoms with Crippen molar-refractivity contribution < 1.29 is 14.3 Å². The molecule has 7 heteroatoms. The molecule has 1 spiro atoms. The van der Waals surface area contributed by atoms with Gasteiger partial charge in [-0.2, -0.15) is 0 Å². The monoisotopic (exact) mass is 407 g/mol. The van der Waals surface area contributed by atoms with Gasteiger partial charge in [-0.25, -0.2) is 0 Å². The van der Waals surface area contributed by atoms with E-state index in [4.69, 9.17) is 16.3 Å². The number of rotatable bonds is 5. The van der Waals surface area contributed by atoms with Gasteiger partial charge in [-0.1, -0.05) is 24.6 Å². The first kappa shape index (κ1) is 21.1. The SMILES string of the molecule is CC1CCC2(CC1)OC[C@H](C(=O)NCCN(C)C)N2C(=O)c1cccc(Cl)c1. The Bertz CT molecular complexity index is 717. The second kappa shape index (κ2) is 8.80. The molecular weight excluding hydrogens is 378 g/mol. The van der Waals surface area contributed by atoms with Crippen LogP contribution in [-0.2, 0) is 9.53 Å². The summed E-state index contributed by atoms with van der Waals surface area (Å²) in [6.07, 6.45) is 3.46. The third kappa shape index (κ3) is 4.50. The van der Waals surface area contributed by atoms with E-state index in [-0.39, 0.29) is 18.4 Å². The summed E-state index contributed by atoms with van der Waals surface area (Å²) >= 11 is 6.10. The molecule has 0 aromatic heterocycles. The van der Waals surface area contributed by atoms with Crippen LogP contribution in [0, 0.1) is 5.92 Å². The number of nitrogens with one attached hydrogen (secondary N) is 1. The van der Waals surface area contributed by atoms with Crippen LogP contribution in [0.1, 0.15) is 43.0 Å². The van der Waals surface area contributed by atoms with E-state index in [1.807, 2.05) is 19.0 Å². The number of ether oxygens (including phenoxy) is 1. The van der Waals surface area contributed by atoms with Crippen molar-refractivity contribution >= 4 is 23.4 Å². The summed E-state index contributed by atoms with van der Waals surface area (Å²) in [5.74, 6) is 0.250. The predicted octanol–water partition coefficient (Wildman–Crippen LogP) is 2.77. The van der Waals surface area contributed by atoms with Crippen molar-refractivity contribution in [1.29, 1.82) is 0 Å². The van der Waals surface area contributed by atoms with Crippen LogP contribution in [0.2, 0.25) is 5.02 Å². The second-order valence-electron chi connectivity index (χ2n) is 8.24. The Balaban J connectivity index is 1.85. The molecule has 1 aromatic carbocycles. The number of carbonyl (C=O) groups excluding carboxylic acids is 2.